The van der Waals surface area contributed by atoms with Gasteiger partial charge in [-0.05, 0) is 47.7 Å². The number of aldehydes is 1. The molecule has 0 N–H and O–H groups in total. The number of carbonyl (C=O) groups excluding carboxylic acids is 1. The Kier molecular flexibility index (Phi) is 2.58. The van der Waals surface area contributed by atoms with Crippen LogP contribution < -0.4 is 0 Å². The molecular formula is C11H10INO. The van der Waals surface area contributed by atoms with E-state index in [1.165, 1.54) is 9.09 Å². The first-order valence-corrected chi connectivity index (χ1v) is 5.57. The lowest BCUT2D eigenvalue weighted by Crippen LogP contribution is -1.90. The smallest absolute Gasteiger partial charge is 0.150 e. The molecule has 1 aromatic carbocycles. The summed E-state index contributed by atoms with van der Waals surface area (Å²) in [5.74, 6) is 0. The van der Waals surface area contributed by atoms with Crippen LogP contribution in [-0.2, 0) is 6.54 Å². The molecular weight excluding hydrogens is 289 g/mol. The molecule has 2 nitrogen and oxygen atoms in total. The molecule has 0 fully saturated rings. The van der Waals surface area contributed by atoms with Crippen LogP contribution in [0.1, 0.15) is 17.3 Å². The van der Waals surface area contributed by atoms with Gasteiger partial charge in [0.1, 0.15) is 6.29 Å². The molecule has 1 heterocycles. The highest BCUT2D eigenvalue weighted by Gasteiger charge is 2.05. The lowest BCUT2D eigenvalue weighted by atomic mass is 10.2. The minimum Gasteiger partial charge on any atom is -0.347 e. The highest BCUT2D eigenvalue weighted by atomic mass is 127. The maximum atomic E-state index is 10.6. The summed E-state index contributed by atoms with van der Waals surface area (Å²) in [6, 6.07) is 5.80. The standard InChI is InChI=1S/C11H10INO/c1-2-13-6-10(12)9-5-8(7-14)3-4-11(9)13/h3-7H,2H2,1H3. The van der Waals surface area contributed by atoms with Gasteiger partial charge in [0.25, 0.3) is 0 Å². The number of halogens is 1. The molecule has 3 heteroatoms. The van der Waals surface area contributed by atoms with Gasteiger partial charge in [0.15, 0.2) is 0 Å². The molecule has 0 aliphatic carbocycles. The molecule has 72 valence electrons. The summed E-state index contributed by atoms with van der Waals surface area (Å²) in [5, 5.41) is 1.16. The first-order valence-electron chi connectivity index (χ1n) is 4.50. The van der Waals surface area contributed by atoms with E-state index in [2.05, 4.69) is 40.3 Å². The summed E-state index contributed by atoms with van der Waals surface area (Å²) in [7, 11) is 0. The van der Waals surface area contributed by atoms with Crippen LogP contribution in [0.3, 0.4) is 0 Å². The van der Waals surface area contributed by atoms with Crippen molar-refractivity contribution in [3.8, 4) is 0 Å². The van der Waals surface area contributed by atoms with Crippen molar-refractivity contribution in [1.29, 1.82) is 0 Å². The second kappa shape index (κ2) is 3.73. The van der Waals surface area contributed by atoms with E-state index in [0.29, 0.717) is 0 Å². The van der Waals surface area contributed by atoms with Gasteiger partial charge in [-0.25, -0.2) is 0 Å². The molecule has 0 radical (unpaired) electrons. The Labute approximate surface area is 96.1 Å². The second-order valence-corrected chi connectivity index (χ2v) is 4.32. The number of fused-ring (bicyclic) bond motifs is 1. The summed E-state index contributed by atoms with van der Waals surface area (Å²) in [5.41, 5.74) is 1.94. The molecule has 0 spiro atoms. The third-order valence-electron chi connectivity index (χ3n) is 2.33. The minimum absolute atomic E-state index is 0.740. The van der Waals surface area contributed by atoms with Crippen LogP contribution in [0.4, 0.5) is 0 Å². The second-order valence-electron chi connectivity index (χ2n) is 3.16. The van der Waals surface area contributed by atoms with Gasteiger partial charge < -0.3 is 4.57 Å². The van der Waals surface area contributed by atoms with E-state index in [1.807, 2.05) is 18.2 Å². The Morgan fingerprint density at radius 1 is 1.50 bits per heavy atom. The van der Waals surface area contributed by atoms with E-state index in [0.717, 1.165) is 23.8 Å². The van der Waals surface area contributed by atoms with Crippen molar-refractivity contribution < 1.29 is 4.79 Å². The summed E-state index contributed by atoms with van der Waals surface area (Å²) < 4.78 is 3.38. The van der Waals surface area contributed by atoms with E-state index >= 15 is 0 Å². The van der Waals surface area contributed by atoms with E-state index in [9.17, 15) is 4.79 Å². The molecule has 2 rings (SSSR count). The highest BCUT2D eigenvalue weighted by molar-refractivity contribution is 14.1. The third-order valence-corrected chi connectivity index (χ3v) is 3.19. The zero-order valence-corrected chi connectivity index (χ0v) is 9.98. The van der Waals surface area contributed by atoms with Gasteiger partial charge in [-0.2, -0.15) is 0 Å². The van der Waals surface area contributed by atoms with Gasteiger partial charge in [-0.15, -0.1) is 0 Å². The third kappa shape index (κ3) is 1.45. The van der Waals surface area contributed by atoms with Gasteiger partial charge in [-0.1, -0.05) is 0 Å². The fourth-order valence-electron chi connectivity index (χ4n) is 1.61. The van der Waals surface area contributed by atoms with Crippen LogP contribution in [0.5, 0.6) is 0 Å². The van der Waals surface area contributed by atoms with Crippen molar-refractivity contribution in [3.63, 3.8) is 0 Å². The normalized spacial score (nSPS) is 10.7. The van der Waals surface area contributed by atoms with Crippen LogP contribution in [0.2, 0.25) is 0 Å². The van der Waals surface area contributed by atoms with Crippen LogP contribution in [0.25, 0.3) is 10.9 Å². The Hall–Kier alpha value is -0.840. The van der Waals surface area contributed by atoms with Crippen molar-refractivity contribution in [3.05, 3.63) is 33.5 Å². The molecule has 0 aliphatic rings. The number of aromatic nitrogens is 1. The predicted octanol–water partition coefficient (Wildman–Crippen LogP) is 3.08. The zero-order chi connectivity index (χ0) is 10.1. The predicted molar refractivity (Wildman–Crippen MR) is 65.7 cm³/mol. The fourth-order valence-corrected chi connectivity index (χ4v) is 2.37. The first-order chi connectivity index (χ1) is 6.76. The van der Waals surface area contributed by atoms with Gasteiger partial charge in [0.2, 0.25) is 0 Å². The summed E-state index contributed by atoms with van der Waals surface area (Å²) >= 11 is 2.30. The van der Waals surface area contributed by atoms with Crippen LogP contribution >= 0.6 is 22.6 Å². The average molecular weight is 299 g/mol. The van der Waals surface area contributed by atoms with Crippen molar-refractivity contribution in [2.45, 2.75) is 13.5 Å². The molecule has 0 saturated heterocycles. The van der Waals surface area contributed by atoms with Crippen molar-refractivity contribution in [2.24, 2.45) is 0 Å². The zero-order valence-electron chi connectivity index (χ0n) is 7.83. The van der Waals surface area contributed by atoms with E-state index < -0.39 is 0 Å². The molecule has 0 bridgehead atoms. The summed E-state index contributed by atoms with van der Waals surface area (Å²) in [6.07, 6.45) is 3.00. The maximum Gasteiger partial charge on any atom is 0.150 e. The maximum absolute atomic E-state index is 10.6. The molecule has 0 atom stereocenters. The van der Waals surface area contributed by atoms with Crippen LogP contribution in [-0.4, -0.2) is 10.9 Å². The summed E-state index contributed by atoms with van der Waals surface area (Å²) in [6.45, 7) is 3.07. The average Bonchev–Trinajstić information content (AvgIpc) is 2.55. The highest BCUT2D eigenvalue weighted by Crippen LogP contribution is 2.23. The molecule has 1 aromatic heterocycles. The largest absolute Gasteiger partial charge is 0.347 e. The lowest BCUT2D eigenvalue weighted by molar-refractivity contribution is 0.112. The number of carbonyl (C=O) groups is 1. The molecule has 0 unspecified atom stereocenters. The monoisotopic (exact) mass is 299 g/mol. The molecule has 14 heavy (non-hydrogen) atoms. The van der Waals surface area contributed by atoms with Crippen LogP contribution in [0.15, 0.2) is 24.4 Å². The molecule has 0 saturated carbocycles. The Morgan fingerprint density at radius 3 is 2.93 bits per heavy atom. The molecule has 0 aliphatic heterocycles. The Morgan fingerprint density at radius 2 is 2.29 bits per heavy atom. The van der Waals surface area contributed by atoms with Crippen molar-refractivity contribution in [1.82, 2.24) is 4.57 Å². The minimum atomic E-state index is 0.740. The quantitative estimate of drug-likeness (QED) is 0.617. The number of benzene rings is 1. The molecule has 0 amide bonds. The van der Waals surface area contributed by atoms with E-state index in [4.69, 9.17) is 0 Å². The van der Waals surface area contributed by atoms with E-state index in [1.54, 1.807) is 0 Å². The Balaban J connectivity index is 2.76. The van der Waals surface area contributed by atoms with Gasteiger partial charge in [0.05, 0.1) is 0 Å². The number of hydrogen-bond donors (Lipinski definition) is 0. The Bertz CT molecular complexity index is 487. The fraction of sp³-hybridized carbons (Fsp3) is 0.182. The number of rotatable bonds is 2. The lowest BCUT2D eigenvalue weighted by Gasteiger charge is -1.99. The van der Waals surface area contributed by atoms with Crippen molar-refractivity contribution in [2.75, 3.05) is 0 Å². The first kappa shape index (κ1) is 9.71. The van der Waals surface area contributed by atoms with Gasteiger partial charge in [0, 0.05) is 32.8 Å². The molecule has 2 aromatic rings. The number of aryl methyl sites for hydroxylation is 1. The number of nitrogens with zero attached hydrogens (tertiary/aromatic N) is 1. The van der Waals surface area contributed by atoms with Gasteiger partial charge >= 0.3 is 0 Å². The van der Waals surface area contributed by atoms with E-state index in [-0.39, 0.29) is 0 Å². The SMILES string of the molecule is CCn1cc(I)c2cc(C=O)ccc21. The topological polar surface area (TPSA) is 22.0 Å². The van der Waals surface area contributed by atoms with Gasteiger partial charge in [-0.3, -0.25) is 4.79 Å². The number of hydrogen-bond acceptors (Lipinski definition) is 1. The van der Waals surface area contributed by atoms with Crippen LogP contribution in [0, 0.1) is 3.57 Å². The summed E-state index contributed by atoms with van der Waals surface area (Å²) in [4.78, 5) is 10.6. The van der Waals surface area contributed by atoms with Crippen molar-refractivity contribution >= 4 is 39.8 Å².